The molecule has 0 atom stereocenters. The molecule has 1 amide bonds. The van der Waals surface area contributed by atoms with E-state index < -0.39 is 0 Å². The summed E-state index contributed by atoms with van der Waals surface area (Å²) in [4.78, 5) is 28.2. The molecule has 0 aliphatic carbocycles. The number of nitriles is 1. The summed E-state index contributed by atoms with van der Waals surface area (Å²) >= 11 is 0. The Balaban J connectivity index is 1.61. The van der Waals surface area contributed by atoms with Gasteiger partial charge in [-0.3, -0.25) is 19.7 Å². The molecule has 0 unspecified atom stereocenters. The van der Waals surface area contributed by atoms with E-state index in [1.54, 1.807) is 30.6 Å². The van der Waals surface area contributed by atoms with Gasteiger partial charge in [0.25, 0.3) is 0 Å². The van der Waals surface area contributed by atoms with E-state index in [0.717, 1.165) is 17.5 Å². The van der Waals surface area contributed by atoms with Crippen LogP contribution in [-0.4, -0.2) is 46.7 Å². The number of nitrogens with one attached hydrogen (secondary N) is 1. The Hall–Kier alpha value is -4.32. The van der Waals surface area contributed by atoms with E-state index in [0.29, 0.717) is 55.6 Å². The third kappa shape index (κ3) is 5.30. The minimum absolute atomic E-state index is 0.284. The van der Waals surface area contributed by atoms with Crippen molar-refractivity contribution < 1.29 is 9.18 Å². The lowest BCUT2D eigenvalue weighted by molar-refractivity contribution is -0.107. The van der Waals surface area contributed by atoms with Crippen LogP contribution in [0.5, 0.6) is 0 Å². The molecule has 1 aliphatic rings. The predicted octanol–water partition coefficient (Wildman–Crippen LogP) is 2.98. The molecule has 4 rings (SSSR count). The summed E-state index contributed by atoms with van der Waals surface area (Å²) in [5.74, 6) is 0.697. The number of halogens is 1. The van der Waals surface area contributed by atoms with Gasteiger partial charge in [-0.05, 0) is 47.9 Å². The van der Waals surface area contributed by atoms with Crippen LogP contribution in [0.15, 0.2) is 65.9 Å². The highest BCUT2D eigenvalue weighted by molar-refractivity contribution is 6.00. The van der Waals surface area contributed by atoms with E-state index in [9.17, 15) is 14.4 Å². The molecule has 1 aliphatic heterocycles. The van der Waals surface area contributed by atoms with Crippen LogP contribution in [0, 0.1) is 17.3 Å². The maximum atomic E-state index is 13.5. The van der Waals surface area contributed by atoms with Crippen molar-refractivity contribution in [1.82, 2.24) is 14.9 Å². The molecule has 0 saturated carbocycles. The molecule has 0 saturated heterocycles. The molecule has 0 fully saturated rings. The average Bonchev–Trinajstić information content (AvgIpc) is 3.32. The second kappa shape index (κ2) is 10.3. The van der Waals surface area contributed by atoms with Crippen LogP contribution in [0.4, 0.5) is 15.9 Å². The van der Waals surface area contributed by atoms with E-state index in [2.05, 4.69) is 26.5 Å². The summed E-state index contributed by atoms with van der Waals surface area (Å²) in [5.41, 5.74) is 2.84. The van der Waals surface area contributed by atoms with Gasteiger partial charge in [0.2, 0.25) is 6.41 Å². The molecule has 0 radical (unpaired) electrons. The number of carbonyl (C=O) groups is 1. The SMILES string of the molecule is N#CN1CCN=C1c1ccc(N(C=O)Cc2cccnc2)c(NCCc2cccc(F)c2)n1. The number of aliphatic imine (C=N–C) groups is 1. The van der Waals surface area contributed by atoms with Gasteiger partial charge in [-0.25, -0.2) is 9.37 Å². The van der Waals surface area contributed by atoms with Gasteiger partial charge in [-0.1, -0.05) is 18.2 Å². The number of carbonyl (C=O) groups excluding carboxylic acids is 1. The Kier molecular flexibility index (Phi) is 6.85. The van der Waals surface area contributed by atoms with E-state index in [1.165, 1.54) is 21.9 Å². The van der Waals surface area contributed by atoms with Gasteiger partial charge in [-0.2, -0.15) is 5.26 Å². The fraction of sp³-hybridized carbons (Fsp3) is 0.208. The van der Waals surface area contributed by atoms with Gasteiger partial charge in [-0.15, -0.1) is 0 Å². The van der Waals surface area contributed by atoms with Crippen molar-refractivity contribution in [1.29, 1.82) is 5.26 Å². The molecule has 33 heavy (non-hydrogen) atoms. The zero-order chi connectivity index (χ0) is 23.0. The number of anilines is 2. The Morgan fingerprint density at radius 3 is 2.85 bits per heavy atom. The van der Waals surface area contributed by atoms with Crippen LogP contribution in [0.25, 0.3) is 0 Å². The standard InChI is InChI=1S/C24H22FN7O/c25-20-5-1-3-18(13-20)8-10-28-23-22(32(17-33)15-19-4-2-9-27-14-19)7-6-21(30-23)24-29-11-12-31(24)16-26/h1-7,9,13-14,17H,8,10-12,15H2,(H,28,30). The Morgan fingerprint density at radius 1 is 1.21 bits per heavy atom. The summed E-state index contributed by atoms with van der Waals surface area (Å²) < 4.78 is 13.5. The van der Waals surface area contributed by atoms with Crippen LogP contribution in [0.2, 0.25) is 0 Å². The van der Waals surface area contributed by atoms with Crippen molar-refractivity contribution in [2.75, 3.05) is 29.9 Å². The Bertz CT molecular complexity index is 1190. The first-order valence-electron chi connectivity index (χ1n) is 10.5. The molecule has 1 N–H and O–H groups in total. The number of pyridine rings is 2. The van der Waals surface area contributed by atoms with E-state index >= 15 is 0 Å². The van der Waals surface area contributed by atoms with Gasteiger partial charge in [0, 0.05) is 18.9 Å². The molecule has 3 aromatic rings. The second-order valence-corrected chi connectivity index (χ2v) is 7.42. The van der Waals surface area contributed by atoms with Crippen LogP contribution >= 0.6 is 0 Å². The molecule has 0 spiro atoms. The van der Waals surface area contributed by atoms with Gasteiger partial charge >= 0.3 is 0 Å². The first-order valence-corrected chi connectivity index (χ1v) is 10.5. The molecule has 3 heterocycles. The van der Waals surface area contributed by atoms with Gasteiger partial charge in [0.05, 0.1) is 25.3 Å². The summed E-state index contributed by atoms with van der Waals surface area (Å²) in [5, 5.41) is 12.6. The van der Waals surface area contributed by atoms with Crippen molar-refractivity contribution in [3.05, 3.63) is 83.6 Å². The number of amidine groups is 1. The van der Waals surface area contributed by atoms with E-state index in [4.69, 9.17) is 0 Å². The number of benzene rings is 1. The number of nitrogens with zero attached hydrogens (tertiary/aromatic N) is 6. The van der Waals surface area contributed by atoms with E-state index in [1.807, 2.05) is 18.2 Å². The van der Waals surface area contributed by atoms with E-state index in [-0.39, 0.29) is 5.82 Å². The van der Waals surface area contributed by atoms with Crippen LogP contribution in [-0.2, 0) is 17.8 Å². The number of aromatic nitrogens is 2. The third-order valence-electron chi connectivity index (χ3n) is 5.17. The van der Waals surface area contributed by atoms with Crippen molar-refractivity contribution in [3.63, 3.8) is 0 Å². The topological polar surface area (TPSA) is 97.5 Å². The number of amides is 1. The highest BCUT2D eigenvalue weighted by Gasteiger charge is 2.22. The van der Waals surface area contributed by atoms with Crippen molar-refractivity contribution in [2.45, 2.75) is 13.0 Å². The molecule has 8 nitrogen and oxygen atoms in total. The Labute approximate surface area is 191 Å². The van der Waals surface area contributed by atoms with Crippen LogP contribution in [0.1, 0.15) is 16.8 Å². The van der Waals surface area contributed by atoms with Crippen molar-refractivity contribution in [3.8, 4) is 6.19 Å². The summed E-state index contributed by atoms with van der Waals surface area (Å²) in [7, 11) is 0. The Morgan fingerprint density at radius 2 is 2.09 bits per heavy atom. The third-order valence-corrected chi connectivity index (χ3v) is 5.17. The second-order valence-electron chi connectivity index (χ2n) is 7.42. The number of hydrogen-bond donors (Lipinski definition) is 1. The molecule has 1 aromatic carbocycles. The predicted molar refractivity (Wildman–Crippen MR) is 123 cm³/mol. The first kappa shape index (κ1) is 21.9. The zero-order valence-electron chi connectivity index (χ0n) is 17.9. The zero-order valence-corrected chi connectivity index (χ0v) is 17.9. The lowest BCUT2D eigenvalue weighted by atomic mass is 10.1. The molecular formula is C24H22FN7O. The lowest BCUT2D eigenvalue weighted by Gasteiger charge is -2.22. The monoisotopic (exact) mass is 443 g/mol. The fourth-order valence-corrected chi connectivity index (χ4v) is 3.59. The van der Waals surface area contributed by atoms with Gasteiger partial charge < -0.3 is 10.2 Å². The highest BCUT2D eigenvalue weighted by atomic mass is 19.1. The highest BCUT2D eigenvalue weighted by Crippen LogP contribution is 2.26. The summed E-state index contributed by atoms with van der Waals surface area (Å²) in [6.45, 7) is 1.83. The largest absolute Gasteiger partial charge is 0.368 e. The summed E-state index contributed by atoms with van der Waals surface area (Å²) in [6, 6.07) is 13.7. The van der Waals surface area contributed by atoms with Crippen molar-refractivity contribution >= 4 is 23.8 Å². The smallest absolute Gasteiger partial charge is 0.214 e. The summed E-state index contributed by atoms with van der Waals surface area (Å²) in [6.07, 6.45) is 6.81. The fourth-order valence-electron chi connectivity index (χ4n) is 3.59. The van der Waals surface area contributed by atoms with Crippen molar-refractivity contribution in [2.24, 2.45) is 4.99 Å². The van der Waals surface area contributed by atoms with Crippen LogP contribution in [0.3, 0.4) is 0 Å². The molecular weight excluding hydrogens is 421 g/mol. The normalized spacial score (nSPS) is 12.7. The molecule has 166 valence electrons. The quantitative estimate of drug-likeness (QED) is 0.403. The van der Waals surface area contributed by atoms with Gasteiger partial charge in [0.15, 0.2) is 17.8 Å². The van der Waals surface area contributed by atoms with Gasteiger partial charge in [0.1, 0.15) is 11.5 Å². The lowest BCUT2D eigenvalue weighted by Crippen LogP contribution is -2.26. The minimum atomic E-state index is -0.284. The maximum absolute atomic E-state index is 13.5. The average molecular weight is 443 g/mol. The number of hydrogen-bond acceptors (Lipinski definition) is 7. The molecule has 9 heteroatoms. The molecule has 2 aromatic heterocycles. The minimum Gasteiger partial charge on any atom is -0.368 e. The molecule has 0 bridgehead atoms. The first-order chi connectivity index (χ1) is 16.2. The maximum Gasteiger partial charge on any atom is 0.214 e. The van der Waals surface area contributed by atoms with Crippen LogP contribution < -0.4 is 10.2 Å². The number of rotatable bonds is 9.